The number of aromatic carboxylic acids is 1. The van der Waals surface area contributed by atoms with E-state index in [-0.39, 0.29) is 12.4 Å². The van der Waals surface area contributed by atoms with Crippen LogP contribution in [0, 0.1) is 0 Å². The molecule has 6 nitrogen and oxygen atoms in total. The fourth-order valence-corrected chi connectivity index (χ4v) is 2.30. The Bertz CT molecular complexity index is 612. The lowest BCUT2D eigenvalue weighted by Crippen LogP contribution is -2.05. The molecule has 2 heterocycles. The first kappa shape index (κ1) is 14.3. The first-order valence-electron chi connectivity index (χ1n) is 5.81. The second-order valence-electron chi connectivity index (χ2n) is 3.69. The minimum Gasteiger partial charge on any atom is -0.475 e. The highest BCUT2D eigenvalue weighted by atomic mass is 32.2. The Labute approximate surface area is 118 Å². The van der Waals surface area contributed by atoms with Crippen LogP contribution in [0.3, 0.4) is 0 Å². The van der Waals surface area contributed by atoms with Crippen LogP contribution in [0.5, 0.6) is 0 Å². The molecule has 0 radical (unpaired) electrons. The molecule has 0 unspecified atom stereocenters. The van der Waals surface area contributed by atoms with Gasteiger partial charge in [-0.05, 0) is 25.1 Å². The minimum atomic E-state index is -1.12. The van der Waals surface area contributed by atoms with Crippen LogP contribution >= 0.6 is 11.8 Å². The van der Waals surface area contributed by atoms with Gasteiger partial charge in [0.2, 0.25) is 5.76 Å². The molecule has 20 heavy (non-hydrogen) atoms. The highest BCUT2D eigenvalue weighted by Gasteiger charge is 2.17. The molecule has 1 N–H and O–H groups in total. The molecule has 0 spiro atoms. The van der Waals surface area contributed by atoms with Crippen molar-refractivity contribution in [1.82, 2.24) is 0 Å². The molecule has 0 saturated carbocycles. The van der Waals surface area contributed by atoms with E-state index < -0.39 is 11.9 Å². The molecular formula is C13H12O6S. The zero-order chi connectivity index (χ0) is 14.5. The molecule has 0 bridgehead atoms. The second kappa shape index (κ2) is 6.33. The fourth-order valence-electron chi connectivity index (χ4n) is 1.49. The minimum absolute atomic E-state index is 0.127. The summed E-state index contributed by atoms with van der Waals surface area (Å²) < 4.78 is 15.2. The number of furan rings is 2. The molecule has 0 aliphatic heterocycles. The van der Waals surface area contributed by atoms with Crippen molar-refractivity contribution in [2.45, 2.75) is 17.8 Å². The van der Waals surface area contributed by atoms with Crippen molar-refractivity contribution in [3.05, 3.63) is 41.5 Å². The van der Waals surface area contributed by atoms with Crippen LogP contribution in [0.25, 0.3) is 0 Å². The smallest absolute Gasteiger partial charge is 0.371 e. The number of hydrogen-bond acceptors (Lipinski definition) is 6. The topological polar surface area (TPSA) is 89.9 Å². The number of ether oxygens (including phenoxy) is 1. The Balaban J connectivity index is 2.02. The van der Waals surface area contributed by atoms with E-state index in [1.807, 2.05) is 0 Å². The van der Waals surface area contributed by atoms with Gasteiger partial charge in [-0.25, -0.2) is 9.59 Å². The summed E-state index contributed by atoms with van der Waals surface area (Å²) in [7, 11) is 0. The third kappa shape index (κ3) is 3.24. The molecule has 0 saturated heterocycles. The maximum absolute atomic E-state index is 11.6. The quantitative estimate of drug-likeness (QED) is 0.647. The molecule has 0 atom stereocenters. The lowest BCUT2D eigenvalue weighted by atomic mass is 10.3. The zero-order valence-electron chi connectivity index (χ0n) is 10.6. The standard InChI is InChI=1S/C13H12O6S/c1-2-17-13(16)8-5-6-18-10(8)7-20-11-4-3-9(19-11)12(14)15/h3-6H,2,7H2,1H3,(H,14,15). The van der Waals surface area contributed by atoms with Crippen molar-refractivity contribution in [3.8, 4) is 0 Å². The van der Waals surface area contributed by atoms with E-state index in [0.717, 1.165) is 0 Å². The predicted molar refractivity (Wildman–Crippen MR) is 69.9 cm³/mol. The van der Waals surface area contributed by atoms with E-state index in [0.29, 0.717) is 22.2 Å². The molecule has 106 valence electrons. The van der Waals surface area contributed by atoms with E-state index in [1.54, 1.807) is 19.1 Å². The van der Waals surface area contributed by atoms with E-state index >= 15 is 0 Å². The monoisotopic (exact) mass is 296 g/mol. The van der Waals surface area contributed by atoms with Crippen molar-refractivity contribution in [2.24, 2.45) is 0 Å². The van der Waals surface area contributed by atoms with Crippen LogP contribution in [0.1, 0.15) is 33.6 Å². The van der Waals surface area contributed by atoms with Gasteiger partial charge in [0.05, 0.1) is 18.6 Å². The van der Waals surface area contributed by atoms with Gasteiger partial charge in [0, 0.05) is 0 Å². The average Bonchev–Trinajstić information content (AvgIpc) is 3.05. The third-order valence-corrected chi connectivity index (χ3v) is 3.29. The lowest BCUT2D eigenvalue weighted by molar-refractivity contribution is 0.0523. The first-order chi connectivity index (χ1) is 9.61. The molecule has 0 aliphatic rings. The summed E-state index contributed by atoms with van der Waals surface area (Å²) >= 11 is 1.23. The van der Waals surface area contributed by atoms with Crippen molar-refractivity contribution >= 4 is 23.7 Å². The molecule has 2 aromatic heterocycles. The molecule has 0 amide bonds. The highest BCUT2D eigenvalue weighted by Crippen LogP contribution is 2.27. The summed E-state index contributed by atoms with van der Waals surface area (Å²) in [6.45, 7) is 2.01. The lowest BCUT2D eigenvalue weighted by Gasteiger charge is -2.01. The number of rotatable bonds is 6. The Morgan fingerprint density at radius 1 is 1.35 bits per heavy atom. The second-order valence-corrected chi connectivity index (χ2v) is 4.67. The van der Waals surface area contributed by atoms with Crippen molar-refractivity contribution < 1.29 is 28.3 Å². The number of carbonyl (C=O) groups excluding carboxylic acids is 1. The van der Waals surface area contributed by atoms with Gasteiger partial charge in [0.25, 0.3) is 0 Å². The highest BCUT2D eigenvalue weighted by molar-refractivity contribution is 7.98. The summed E-state index contributed by atoms with van der Waals surface area (Å²) in [5, 5.41) is 9.18. The average molecular weight is 296 g/mol. The van der Waals surface area contributed by atoms with Crippen LogP contribution in [-0.2, 0) is 10.5 Å². The van der Waals surface area contributed by atoms with Crippen molar-refractivity contribution in [2.75, 3.05) is 6.61 Å². The molecule has 2 aromatic rings. The van der Waals surface area contributed by atoms with Gasteiger partial charge in [-0.1, -0.05) is 11.8 Å². The Morgan fingerprint density at radius 3 is 2.80 bits per heavy atom. The predicted octanol–water partition coefficient (Wildman–Crippen LogP) is 3.04. The number of carboxylic acid groups (broad SMARTS) is 1. The summed E-state index contributed by atoms with van der Waals surface area (Å²) in [5.41, 5.74) is 0.365. The maximum Gasteiger partial charge on any atom is 0.371 e. The zero-order valence-corrected chi connectivity index (χ0v) is 11.4. The van der Waals surface area contributed by atoms with Crippen LogP contribution in [0.4, 0.5) is 0 Å². The number of esters is 1. The van der Waals surface area contributed by atoms with Crippen molar-refractivity contribution in [1.29, 1.82) is 0 Å². The summed E-state index contributed by atoms with van der Waals surface area (Å²) in [6.07, 6.45) is 1.41. The molecule has 2 rings (SSSR count). The summed E-state index contributed by atoms with van der Waals surface area (Å²) in [4.78, 5) is 22.3. The maximum atomic E-state index is 11.6. The molecule has 0 fully saturated rings. The van der Waals surface area contributed by atoms with Gasteiger partial charge in [-0.2, -0.15) is 0 Å². The number of thioether (sulfide) groups is 1. The summed E-state index contributed by atoms with van der Waals surface area (Å²) in [6, 6.07) is 4.47. The fraction of sp³-hybridized carbons (Fsp3) is 0.231. The van der Waals surface area contributed by atoms with Gasteiger partial charge in [-0.3, -0.25) is 0 Å². The molecule has 7 heteroatoms. The normalized spacial score (nSPS) is 10.4. The van der Waals surface area contributed by atoms with E-state index in [4.69, 9.17) is 18.7 Å². The van der Waals surface area contributed by atoms with Crippen LogP contribution in [0.15, 0.2) is 38.4 Å². The molecule has 0 aromatic carbocycles. The third-order valence-electron chi connectivity index (χ3n) is 2.38. The largest absolute Gasteiger partial charge is 0.475 e. The van der Waals surface area contributed by atoms with E-state index in [9.17, 15) is 9.59 Å². The van der Waals surface area contributed by atoms with Crippen LogP contribution < -0.4 is 0 Å². The first-order valence-corrected chi connectivity index (χ1v) is 6.79. The van der Waals surface area contributed by atoms with Gasteiger partial charge >= 0.3 is 11.9 Å². The Kier molecular flexibility index (Phi) is 4.52. The van der Waals surface area contributed by atoms with Crippen LogP contribution in [0.2, 0.25) is 0 Å². The van der Waals surface area contributed by atoms with Gasteiger partial charge in [0.1, 0.15) is 11.3 Å². The van der Waals surface area contributed by atoms with E-state index in [1.165, 1.54) is 24.1 Å². The Morgan fingerprint density at radius 2 is 2.15 bits per heavy atom. The van der Waals surface area contributed by atoms with Gasteiger partial charge in [0.15, 0.2) is 5.09 Å². The Hall–Kier alpha value is -2.15. The number of hydrogen-bond donors (Lipinski definition) is 1. The molecular weight excluding hydrogens is 284 g/mol. The van der Waals surface area contributed by atoms with Gasteiger partial charge < -0.3 is 18.7 Å². The van der Waals surface area contributed by atoms with Crippen LogP contribution in [-0.4, -0.2) is 23.7 Å². The SMILES string of the molecule is CCOC(=O)c1ccoc1CSc1ccc(C(=O)O)o1. The summed E-state index contributed by atoms with van der Waals surface area (Å²) in [5.74, 6) is -0.892. The van der Waals surface area contributed by atoms with Crippen molar-refractivity contribution in [3.63, 3.8) is 0 Å². The number of carbonyl (C=O) groups is 2. The van der Waals surface area contributed by atoms with Gasteiger partial charge in [-0.15, -0.1) is 0 Å². The number of carboxylic acids is 1. The van der Waals surface area contributed by atoms with E-state index in [2.05, 4.69) is 0 Å². The molecule has 0 aliphatic carbocycles.